The van der Waals surface area contributed by atoms with Crippen molar-refractivity contribution >= 4 is 39.3 Å². The van der Waals surface area contributed by atoms with Crippen molar-refractivity contribution in [2.75, 3.05) is 5.32 Å². The summed E-state index contributed by atoms with van der Waals surface area (Å²) in [5.41, 5.74) is 1.42. The number of rotatable bonds is 3. The molecule has 1 N–H and O–H groups in total. The van der Waals surface area contributed by atoms with Gasteiger partial charge in [-0.25, -0.2) is 4.98 Å². The third-order valence-corrected chi connectivity index (χ3v) is 3.35. The van der Waals surface area contributed by atoms with Gasteiger partial charge < -0.3 is 9.88 Å². The highest BCUT2D eigenvalue weighted by Gasteiger charge is 2.14. The summed E-state index contributed by atoms with van der Waals surface area (Å²) in [6.07, 6.45) is 3.38. The summed E-state index contributed by atoms with van der Waals surface area (Å²) >= 11 is 9.26. The lowest BCUT2D eigenvalue weighted by atomic mass is 10.3. The molecule has 2 aromatic heterocycles. The largest absolute Gasteiger partial charge is 0.342 e. The van der Waals surface area contributed by atoms with Crippen molar-refractivity contribution in [3.63, 3.8) is 0 Å². The Bertz CT molecular complexity index is 624. The molecule has 0 fully saturated rings. The van der Waals surface area contributed by atoms with Crippen LogP contribution in [0.4, 0.5) is 5.82 Å². The molecule has 4 nitrogen and oxygen atoms in total. The van der Waals surface area contributed by atoms with Crippen LogP contribution in [-0.4, -0.2) is 15.5 Å². The highest BCUT2D eigenvalue weighted by atomic mass is 79.9. The molecule has 0 atom stereocenters. The number of hydrogen-bond acceptors (Lipinski definition) is 2. The Morgan fingerprint density at radius 1 is 1.53 bits per heavy atom. The number of nitrogens with zero attached hydrogens (tertiary/aromatic N) is 2. The lowest BCUT2D eigenvalue weighted by Gasteiger charge is -2.09. The predicted molar refractivity (Wildman–Crippen MR) is 79.7 cm³/mol. The number of aromatic nitrogens is 2. The second kappa shape index (κ2) is 5.75. The zero-order valence-corrected chi connectivity index (χ0v) is 12.9. The van der Waals surface area contributed by atoms with Gasteiger partial charge in [0.1, 0.15) is 11.5 Å². The number of halogens is 2. The first kappa shape index (κ1) is 14.1. The van der Waals surface area contributed by atoms with E-state index in [0.717, 1.165) is 10.0 Å². The summed E-state index contributed by atoms with van der Waals surface area (Å²) in [5, 5.41) is 3.34. The van der Waals surface area contributed by atoms with E-state index in [4.69, 9.17) is 11.6 Å². The van der Waals surface area contributed by atoms with Gasteiger partial charge in [0.15, 0.2) is 0 Å². The van der Waals surface area contributed by atoms with Gasteiger partial charge >= 0.3 is 0 Å². The molecule has 100 valence electrons. The number of anilines is 1. The smallest absolute Gasteiger partial charge is 0.273 e. The maximum Gasteiger partial charge on any atom is 0.273 e. The number of pyridine rings is 1. The van der Waals surface area contributed by atoms with Crippen LogP contribution in [0, 0.1) is 6.92 Å². The molecule has 0 aliphatic heterocycles. The SMILES string of the molecule is CCn1cc(Cl)cc1C(=O)Nc1ncc(Br)cc1C. The molecule has 0 spiro atoms. The number of carbonyl (C=O) groups is 1. The number of hydrogen-bond donors (Lipinski definition) is 1. The van der Waals surface area contributed by atoms with E-state index in [1.54, 1.807) is 23.0 Å². The quantitative estimate of drug-likeness (QED) is 0.920. The normalized spacial score (nSPS) is 10.5. The molecule has 0 aromatic carbocycles. The first-order valence-corrected chi connectivity index (χ1v) is 6.97. The minimum Gasteiger partial charge on any atom is -0.342 e. The van der Waals surface area contributed by atoms with Crippen LogP contribution < -0.4 is 5.32 Å². The average Bonchev–Trinajstić information content (AvgIpc) is 2.74. The van der Waals surface area contributed by atoms with Crippen molar-refractivity contribution in [2.24, 2.45) is 0 Å². The van der Waals surface area contributed by atoms with Crippen molar-refractivity contribution in [3.8, 4) is 0 Å². The number of nitrogens with one attached hydrogen (secondary N) is 1. The van der Waals surface area contributed by atoms with Crippen LogP contribution in [0.3, 0.4) is 0 Å². The maximum atomic E-state index is 12.2. The predicted octanol–water partition coefficient (Wildman–Crippen LogP) is 3.88. The minimum atomic E-state index is -0.216. The number of carbonyl (C=O) groups excluding carboxylic acids is 1. The van der Waals surface area contributed by atoms with E-state index in [-0.39, 0.29) is 5.91 Å². The molecule has 0 aliphatic rings. The fourth-order valence-corrected chi connectivity index (χ4v) is 2.44. The second-order valence-electron chi connectivity index (χ2n) is 4.10. The molecular formula is C13H13BrClN3O. The Balaban J connectivity index is 2.25. The van der Waals surface area contributed by atoms with E-state index in [0.29, 0.717) is 23.1 Å². The Hall–Kier alpha value is -1.33. The number of amides is 1. The van der Waals surface area contributed by atoms with Crippen LogP contribution in [0.15, 0.2) is 29.0 Å². The molecule has 0 saturated carbocycles. The molecule has 0 unspecified atom stereocenters. The second-order valence-corrected chi connectivity index (χ2v) is 5.45. The van der Waals surface area contributed by atoms with Crippen LogP contribution in [0.2, 0.25) is 5.02 Å². The summed E-state index contributed by atoms with van der Waals surface area (Å²) in [4.78, 5) is 16.4. The van der Waals surface area contributed by atoms with E-state index >= 15 is 0 Å². The molecule has 0 aliphatic carbocycles. The van der Waals surface area contributed by atoms with Crippen molar-refractivity contribution in [2.45, 2.75) is 20.4 Å². The average molecular weight is 343 g/mol. The van der Waals surface area contributed by atoms with Crippen molar-refractivity contribution in [3.05, 3.63) is 45.3 Å². The van der Waals surface area contributed by atoms with Gasteiger partial charge in [-0.2, -0.15) is 0 Å². The van der Waals surface area contributed by atoms with Gasteiger partial charge in [0, 0.05) is 23.4 Å². The molecule has 2 rings (SSSR count). The van der Waals surface area contributed by atoms with Gasteiger partial charge in [0.05, 0.1) is 5.02 Å². The first-order chi connectivity index (χ1) is 9.01. The fourth-order valence-electron chi connectivity index (χ4n) is 1.77. The first-order valence-electron chi connectivity index (χ1n) is 5.80. The van der Waals surface area contributed by atoms with E-state index in [1.165, 1.54) is 0 Å². The third kappa shape index (κ3) is 3.16. The van der Waals surface area contributed by atoms with E-state index in [9.17, 15) is 4.79 Å². The standard InChI is InChI=1S/C13H13BrClN3O/c1-3-18-7-10(15)5-11(18)13(19)17-12-8(2)4-9(14)6-16-12/h4-7H,3H2,1-2H3,(H,16,17,19). The molecule has 0 radical (unpaired) electrons. The molecule has 1 amide bonds. The Morgan fingerprint density at radius 3 is 2.89 bits per heavy atom. The molecule has 0 bridgehead atoms. The van der Waals surface area contributed by atoms with E-state index < -0.39 is 0 Å². The van der Waals surface area contributed by atoms with Gasteiger partial charge in [0.25, 0.3) is 5.91 Å². The van der Waals surface area contributed by atoms with Gasteiger partial charge in [-0.05, 0) is 47.5 Å². The topological polar surface area (TPSA) is 46.9 Å². The lowest BCUT2D eigenvalue weighted by Crippen LogP contribution is -2.17. The van der Waals surface area contributed by atoms with Crippen LogP contribution in [0.25, 0.3) is 0 Å². The highest BCUT2D eigenvalue weighted by molar-refractivity contribution is 9.10. The summed E-state index contributed by atoms with van der Waals surface area (Å²) in [5.74, 6) is 0.333. The Kier molecular flexibility index (Phi) is 4.27. The van der Waals surface area contributed by atoms with Gasteiger partial charge in [-0.3, -0.25) is 4.79 Å². The summed E-state index contributed by atoms with van der Waals surface area (Å²) in [6.45, 7) is 4.53. The van der Waals surface area contributed by atoms with Crippen LogP contribution in [-0.2, 0) is 6.54 Å². The zero-order chi connectivity index (χ0) is 14.0. The monoisotopic (exact) mass is 341 g/mol. The molecule has 2 heterocycles. The van der Waals surface area contributed by atoms with Gasteiger partial charge in [-0.15, -0.1) is 0 Å². The molecule has 2 aromatic rings. The highest BCUT2D eigenvalue weighted by Crippen LogP contribution is 2.19. The number of aryl methyl sites for hydroxylation is 2. The molecule has 0 saturated heterocycles. The summed E-state index contributed by atoms with van der Waals surface area (Å²) in [6, 6.07) is 3.54. The Morgan fingerprint density at radius 2 is 2.26 bits per heavy atom. The molecular weight excluding hydrogens is 330 g/mol. The molecule has 19 heavy (non-hydrogen) atoms. The van der Waals surface area contributed by atoms with Crippen LogP contribution >= 0.6 is 27.5 Å². The summed E-state index contributed by atoms with van der Waals surface area (Å²) in [7, 11) is 0. The van der Waals surface area contributed by atoms with Crippen LogP contribution in [0.1, 0.15) is 23.0 Å². The van der Waals surface area contributed by atoms with Crippen molar-refractivity contribution < 1.29 is 4.79 Å². The minimum absolute atomic E-state index is 0.216. The fraction of sp³-hybridized carbons (Fsp3) is 0.231. The maximum absolute atomic E-state index is 12.2. The van der Waals surface area contributed by atoms with Gasteiger partial charge in [-0.1, -0.05) is 11.6 Å². The van der Waals surface area contributed by atoms with Crippen molar-refractivity contribution in [1.82, 2.24) is 9.55 Å². The van der Waals surface area contributed by atoms with Crippen molar-refractivity contribution in [1.29, 1.82) is 0 Å². The molecule has 6 heteroatoms. The Labute approximate surface area is 124 Å². The summed E-state index contributed by atoms with van der Waals surface area (Å²) < 4.78 is 2.68. The lowest BCUT2D eigenvalue weighted by molar-refractivity contribution is 0.101. The third-order valence-electron chi connectivity index (χ3n) is 2.71. The van der Waals surface area contributed by atoms with E-state index in [2.05, 4.69) is 26.2 Å². The van der Waals surface area contributed by atoms with Crippen LogP contribution in [0.5, 0.6) is 0 Å². The van der Waals surface area contributed by atoms with Gasteiger partial charge in [0.2, 0.25) is 0 Å². The zero-order valence-electron chi connectivity index (χ0n) is 10.6. The van der Waals surface area contributed by atoms with E-state index in [1.807, 2.05) is 19.9 Å².